The summed E-state index contributed by atoms with van der Waals surface area (Å²) in [5.74, 6) is -0.863. The first-order valence-electron chi connectivity index (χ1n) is 10.9. The second-order valence-corrected chi connectivity index (χ2v) is 7.75. The fourth-order valence-electron chi connectivity index (χ4n) is 3.69. The van der Waals surface area contributed by atoms with Crippen LogP contribution in [0.25, 0.3) is 11.1 Å². The first kappa shape index (κ1) is 22.3. The van der Waals surface area contributed by atoms with E-state index < -0.39 is 5.91 Å². The molecule has 31 heavy (non-hydrogen) atoms. The molecular formula is C27H30N2O2. The summed E-state index contributed by atoms with van der Waals surface area (Å²) < 4.78 is 0. The molecule has 0 saturated carbocycles. The molecule has 3 aromatic rings. The van der Waals surface area contributed by atoms with Crippen LogP contribution in [0.2, 0.25) is 0 Å². The predicted molar refractivity (Wildman–Crippen MR) is 126 cm³/mol. The van der Waals surface area contributed by atoms with Crippen molar-refractivity contribution < 1.29 is 9.59 Å². The quantitative estimate of drug-likeness (QED) is 0.635. The molecule has 0 aliphatic heterocycles. The van der Waals surface area contributed by atoms with E-state index in [2.05, 4.69) is 60.8 Å². The molecular weight excluding hydrogens is 384 g/mol. The molecule has 3 N–H and O–H groups in total. The Morgan fingerprint density at radius 2 is 1.32 bits per heavy atom. The molecule has 0 atom stereocenters. The zero-order chi connectivity index (χ0) is 22.1. The average Bonchev–Trinajstić information content (AvgIpc) is 2.83. The molecule has 0 bridgehead atoms. The molecule has 4 heteroatoms. The third-order valence-corrected chi connectivity index (χ3v) is 5.53. The predicted octanol–water partition coefficient (Wildman–Crippen LogP) is 4.70. The molecule has 0 aromatic heterocycles. The summed E-state index contributed by atoms with van der Waals surface area (Å²) in [6.45, 7) is 1.97. The Kier molecular flexibility index (Phi) is 7.99. The van der Waals surface area contributed by atoms with Gasteiger partial charge in [0.1, 0.15) is 0 Å². The van der Waals surface area contributed by atoms with Gasteiger partial charge in [0, 0.05) is 5.56 Å². The van der Waals surface area contributed by atoms with Crippen molar-refractivity contribution in [3.8, 4) is 11.1 Å². The SMILES string of the molecule is CCc1ccc(-c2ccc(C(=O)NCC(N)=O)cc2)cc1.c1ccc2c(c1)CCCC2. The molecule has 1 aliphatic rings. The monoisotopic (exact) mass is 414 g/mol. The zero-order valence-electron chi connectivity index (χ0n) is 18.1. The van der Waals surface area contributed by atoms with Crippen molar-refractivity contribution in [3.05, 3.63) is 95.1 Å². The molecule has 0 fully saturated rings. The summed E-state index contributed by atoms with van der Waals surface area (Å²) >= 11 is 0. The van der Waals surface area contributed by atoms with Crippen molar-refractivity contribution in [2.75, 3.05) is 6.54 Å². The van der Waals surface area contributed by atoms with Crippen LogP contribution in [-0.2, 0) is 24.1 Å². The lowest BCUT2D eigenvalue weighted by Gasteiger charge is -2.13. The van der Waals surface area contributed by atoms with Crippen LogP contribution in [0.1, 0.15) is 46.8 Å². The minimum atomic E-state index is -0.559. The van der Waals surface area contributed by atoms with Gasteiger partial charge in [-0.1, -0.05) is 67.6 Å². The number of fused-ring (bicyclic) bond motifs is 1. The molecule has 0 spiro atoms. The summed E-state index contributed by atoms with van der Waals surface area (Å²) in [5, 5.41) is 2.46. The van der Waals surface area contributed by atoms with Gasteiger partial charge in [0.05, 0.1) is 6.54 Å². The highest BCUT2D eigenvalue weighted by Gasteiger charge is 2.07. The standard InChI is InChI=1S/C17H18N2O2.C10H12/c1-2-12-3-5-13(6-4-12)14-7-9-15(10-8-14)17(21)19-11-16(18)20;1-2-6-10-8-4-3-7-9(10)5-1/h3-10H,2,11H2,1H3,(H2,18,20)(H,19,21);1-2,5-6H,3-4,7-8H2. The third kappa shape index (κ3) is 6.54. The minimum absolute atomic E-state index is 0.154. The number of benzene rings is 3. The van der Waals surface area contributed by atoms with Gasteiger partial charge in [-0.15, -0.1) is 0 Å². The van der Waals surface area contributed by atoms with Gasteiger partial charge in [-0.2, -0.15) is 0 Å². The summed E-state index contributed by atoms with van der Waals surface area (Å²) in [6, 6.07) is 24.4. The van der Waals surface area contributed by atoms with Crippen LogP contribution >= 0.6 is 0 Å². The summed E-state index contributed by atoms with van der Waals surface area (Å²) in [5.41, 5.74) is 12.1. The number of carbonyl (C=O) groups is 2. The molecule has 1 aliphatic carbocycles. The average molecular weight is 415 g/mol. The maximum absolute atomic E-state index is 11.8. The maximum atomic E-state index is 11.8. The number of amides is 2. The first-order chi connectivity index (χ1) is 15.1. The Hall–Kier alpha value is -3.40. The number of primary amides is 1. The Labute approximate surface area is 184 Å². The Balaban J connectivity index is 0.000000225. The van der Waals surface area contributed by atoms with E-state index in [1.165, 1.54) is 31.2 Å². The second-order valence-electron chi connectivity index (χ2n) is 7.75. The lowest BCUT2D eigenvalue weighted by Crippen LogP contribution is -2.33. The van der Waals surface area contributed by atoms with Crippen LogP contribution in [-0.4, -0.2) is 18.4 Å². The van der Waals surface area contributed by atoms with Crippen LogP contribution in [0.4, 0.5) is 0 Å². The number of nitrogens with two attached hydrogens (primary N) is 1. The van der Waals surface area contributed by atoms with Gasteiger partial charge in [0.25, 0.3) is 5.91 Å². The van der Waals surface area contributed by atoms with Crippen LogP contribution in [0.3, 0.4) is 0 Å². The fourth-order valence-corrected chi connectivity index (χ4v) is 3.69. The van der Waals surface area contributed by atoms with Crippen LogP contribution in [0.5, 0.6) is 0 Å². The smallest absolute Gasteiger partial charge is 0.251 e. The molecule has 0 unspecified atom stereocenters. The van der Waals surface area contributed by atoms with Crippen LogP contribution in [0.15, 0.2) is 72.8 Å². The lowest BCUT2D eigenvalue weighted by molar-refractivity contribution is -0.117. The number of carbonyl (C=O) groups excluding carboxylic acids is 2. The molecule has 4 nitrogen and oxygen atoms in total. The molecule has 160 valence electrons. The van der Waals surface area contributed by atoms with Crippen molar-refractivity contribution in [2.45, 2.75) is 39.0 Å². The number of hydrogen-bond acceptors (Lipinski definition) is 2. The lowest BCUT2D eigenvalue weighted by atomic mass is 9.92. The van der Waals surface area contributed by atoms with E-state index in [4.69, 9.17) is 5.73 Å². The van der Waals surface area contributed by atoms with Gasteiger partial charge < -0.3 is 11.1 Å². The van der Waals surface area contributed by atoms with E-state index in [1.54, 1.807) is 23.3 Å². The molecule has 2 amide bonds. The Bertz CT molecular complexity index is 983. The molecule has 3 aromatic carbocycles. The normalized spacial score (nSPS) is 12.2. The third-order valence-electron chi connectivity index (χ3n) is 5.53. The van der Waals surface area contributed by atoms with E-state index in [1.807, 2.05) is 12.1 Å². The Morgan fingerprint density at radius 1 is 0.806 bits per heavy atom. The topological polar surface area (TPSA) is 72.2 Å². The van der Waals surface area contributed by atoms with Gasteiger partial charge in [0.2, 0.25) is 5.91 Å². The van der Waals surface area contributed by atoms with Crippen molar-refractivity contribution in [1.29, 1.82) is 0 Å². The maximum Gasteiger partial charge on any atom is 0.251 e. The number of nitrogens with one attached hydrogen (secondary N) is 1. The van der Waals surface area contributed by atoms with Crippen LogP contribution < -0.4 is 11.1 Å². The highest BCUT2D eigenvalue weighted by atomic mass is 16.2. The van der Waals surface area contributed by atoms with Gasteiger partial charge >= 0.3 is 0 Å². The number of rotatable bonds is 5. The summed E-state index contributed by atoms with van der Waals surface area (Å²) in [4.78, 5) is 22.4. The van der Waals surface area contributed by atoms with Crippen molar-refractivity contribution in [3.63, 3.8) is 0 Å². The van der Waals surface area contributed by atoms with Crippen molar-refractivity contribution in [1.82, 2.24) is 5.32 Å². The first-order valence-corrected chi connectivity index (χ1v) is 10.9. The molecule has 0 heterocycles. The highest BCUT2D eigenvalue weighted by molar-refractivity contribution is 5.96. The van der Waals surface area contributed by atoms with E-state index in [0.717, 1.165) is 17.5 Å². The molecule has 4 rings (SSSR count). The largest absolute Gasteiger partial charge is 0.368 e. The summed E-state index contributed by atoms with van der Waals surface area (Å²) in [6.07, 6.45) is 6.39. The van der Waals surface area contributed by atoms with E-state index >= 15 is 0 Å². The van der Waals surface area contributed by atoms with E-state index in [-0.39, 0.29) is 12.5 Å². The fraction of sp³-hybridized carbons (Fsp3) is 0.259. The second kappa shape index (κ2) is 11.1. The molecule has 0 saturated heterocycles. The zero-order valence-corrected chi connectivity index (χ0v) is 18.1. The van der Waals surface area contributed by atoms with Crippen molar-refractivity contribution >= 4 is 11.8 Å². The highest BCUT2D eigenvalue weighted by Crippen LogP contribution is 2.21. The van der Waals surface area contributed by atoms with E-state index in [9.17, 15) is 9.59 Å². The number of aryl methyl sites for hydroxylation is 3. The minimum Gasteiger partial charge on any atom is -0.368 e. The van der Waals surface area contributed by atoms with Gasteiger partial charge in [-0.25, -0.2) is 0 Å². The Morgan fingerprint density at radius 3 is 1.81 bits per heavy atom. The van der Waals surface area contributed by atoms with Gasteiger partial charge in [-0.05, 0) is 72.1 Å². The summed E-state index contributed by atoms with van der Waals surface area (Å²) in [7, 11) is 0. The number of hydrogen-bond donors (Lipinski definition) is 2. The van der Waals surface area contributed by atoms with Gasteiger partial charge in [-0.3, -0.25) is 9.59 Å². The van der Waals surface area contributed by atoms with Crippen LogP contribution in [0, 0.1) is 0 Å². The van der Waals surface area contributed by atoms with Crippen molar-refractivity contribution in [2.24, 2.45) is 5.73 Å². The molecule has 0 radical (unpaired) electrons. The van der Waals surface area contributed by atoms with Gasteiger partial charge in [0.15, 0.2) is 0 Å². The van der Waals surface area contributed by atoms with E-state index in [0.29, 0.717) is 5.56 Å².